The van der Waals surface area contributed by atoms with Crippen LogP contribution in [0.1, 0.15) is 26.2 Å². The molecule has 1 heterocycles. The zero-order chi connectivity index (χ0) is 13.7. The molecule has 0 spiro atoms. The Labute approximate surface area is 111 Å². The maximum Gasteiger partial charge on any atom is 0.224 e. The summed E-state index contributed by atoms with van der Waals surface area (Å²) in [5.74, 6) is -0.0559. The summed E-state index contributed by atoms with van der Waals surface area (Å²) in [5, 5.41) is 8.58. The third kappa shape index (κ3) is 4.35. The first-order valence-corrected chi connectivity index (χ1v) is 6.48. The highest BCUT2D eigenvalue weighted by Crippen LogP contribution is 2.18. The van der Waals surface area contributed by atoms with Gasteiger partial charge in [0.15, 0.2) is 11.6 Å². The van der Waals surface area contributed by atoms with Gasteiger partial charge < -0.3 is 16.0 Å². The molecule has 6 nitrogen and oxygen atoms in total. The number of aromatic nitrogens is 2. The lowest BCUT2D eigenvalue weighted by Crippen LogP contribution is -2.27. The van der Waals surface area contributed by atoms with Crippen molar-refractivity contribution in [1.82, 2.24) is 15.3 Å². The van der Waals surface area contributed by atoms with Crippen LogP contribution in [0, 0.1) is 5.82 Å². The molecule has 1 amide bonds. The molecule has 0 aromatic carbocycles. The molecule has 1 aliphatic carbocycles. The van der Waals surface area contributed by atoms with Gasteiger partial charge in [0.1, 0.15) is 0 Å². The minimum atomic E-state index is -0.524. The summed E-state index contributed by atoms with van der Waals surface area (Å²) in [6, 6.07) is 0.351. The van der Waals surface area contributed by atoms with Crippen LogP contribution < -0.4 is 16.0 Å². The summed E-state index contributed by atoms with van der Waals surface area (Å²) in [6.07, 6.45) is 3.53. The van der Waals surface area contributed by atoms with E-state index in [9.17, 15) is 9.18 Å². The molecule has 1 aromatic rings. The number of nitrogens with zero attached hydrogens (tertiary/aromatic N) is 2. The molecule has 1 fully saturated rings. The van der Waals surface area contributed by atoms with Crippen molar-refractivity contribution >= 4 is 17.7 Å². The van der Waals surface area contributed by atoms with Crippen LogP contribution in [0.4, 0.5) is 16.2 Å². The van der Waals surface area contributed by atoms with E-state index in [0.29, 0.717) is 31.5 Å². The first-order valence-electron chi connectivity index (χ1n) is 6.48. The molecule has 0 unspecified atom stereocenters. The zero-order valence-corrected chi connectivity index (χ0v) is 10.9. The van der Waals surface area contributed by atoms with Crippen LogP contribution in [-0.4, -0.2) is 35.0 Å². The number of rotatable bonds is 7. The molecule has 0 atom stereocenters. The third-order valence-electron chi connectivity index (χ3n) is 2.67. The van der Waals surface area contributed by atoms with Crippen LogP contribution in [0.5, 0.6) is 0 Å². The van der Waals surface area contributed by atoms with Gasteiger partial charge in [-0.15, -0.1) is 0 Å². The molecule has 1 aromatic heterocycles. The van der Waals surface area contributed by atoms with Gasteiger partial charge >= 0.3 is 0 Å². The van der Waals surface area contributed by atoms with Gasteiger partial charge in [0.25, 0.3) is 0 Å². The lowest BCUT2D eigenvalue weighted by molar-refractivity contribution is -0.120. The van der Waals surface area contributed by atoms with Crippen molar-refractivity contribution in [2.45, 2.75) is 32.2 Å². The SMILES string of the molecule is CCNc1ncc(F)c(NCCC(=O)NC2CC2)n1. The largest absolute Gasteiger partial charge is 0.367 e. The van der Waals surface area contributed by atoms with Crippen molar-refractivity contribution in [2.75, 3.05) is 23.7 Å². The molecule has 7 heteroatoms. The number of anilines is 2. The minimum absolute atomic E-state index is 0.0172. The van der Waals surface area contributed by atoms with Gasteiger partial charge in [0, 0.05) is 25.6 Å². The minimum Gasteiger partial charge on any atom is -0.367 e. The molecule has 1 saturated carbocycles. The van der Waals surface area contributed by atoms with Crippen LogP contribution in [0.15, 0.2) is 6.20 Å². The Morgan fingerprint density at radius 1 is 1.47 bits per heavy atom. The van der Waals surface area contributed by atoms with Crippen LogP contribution >= 0.6 is 0 Å². The normalized spacial score (nSPS) is 14.0. The maximum absolute atomic E-state index is 13.4. The predicted octanol–water partition coefficient (Wildman–Crippen LogP) is 1.13. The molecular formula is C12H18FN5O. The average Bonchev–Trinajstić information content (AvgIpc) is 3.17. The molecule has 19 heavy (non-hydrogen) atoms. The fraction of sp³-hybridized carbons (Fsp3) is 0.583. The van der Waals surface area contributed by atoms with Crippen LogP contribution in [0.3, 0.4) is 0 Å². The fourth-order valence-corrected chi connectivity index (χ4v) is 1.56. The number of carbonyl (C=O) groups is 1. The van der Waals surface area contributed by atoms with Crippen molar-refractivity contribution in [3.8, 4) is 0 Å². The predicted molar refractivity (Wildman–Crippen MR) is 70.4 cm³/mol. The maximum atomic E-state index is 13.4. The summed E-state index contributed by atoms with van der Waals surface area (Å²) >= 11 is 0. The number of hydrogen-bond donors (Lipinski definition) is 3. The Hall–Kier alpha value is -1.92. The molecule has 0 radical (unpaired) electrons. The van der Waals surface area contributed by atoms with Gasteiger partial charge in [-0.3, -0.25) is 4.79 Å². The van der Waals surface area contributed by atoms with E-state index in [-0.39, 0.29) is 11.7 Å². The van der Waals surface area contributed by atoms with Crippen molar-refractivity contribution in [3.63, 3.8) is 0 Å². The highest BCUT2D eigenvalue weighted by Gasteiger charge is 2.22. The second-order valence-electron chi connectivity index (χ2n) is 4.44. The van der Waals surface area contributed by atoms with Crippen LogP contribution in [0.2, 0.25) is 0 Å². The van der Waals surface area contributed by atoms with E-state index in [0.717, 1.165) is 19.0 Å². The number of amides is 1. The Bertz CT molecular complexity index is 450. The standard InChI is InChI=1S/C12H18FN5O/c1-2-14-12-16-7-9(13)11(18-12)15-6-5-10(19)17-8-3-4-8/h7-8H,2-6H2,1H3,(H,17,19)(H2,14,15,16,18). The summed E-state index contributed by atoms with van der Waals surface area (Å²) in [4.78, 5) is 19.2. The van der Waals surface area contributed by atoms with Crippen molar-refractivity contribution in [3.05, 3.63) is 12.0 Å². The van der Waals surface area contributed by atoms with E-state index in [1.807, 2.05) is 6.92 Å². The molecule has 0 bridgehead atoms. The summed E-state index contributed by atoms with van der Waals surface area (Å²) in [5.41, 5.74) is 0. The number of nitrogens with one attached hydrogen (secondary N) is 3. The number of hydrogen-bond acceptors (Lipinski definition) is 5. The highest BCUT2D eigenvalue weighted by molar-refractivity contribution is 5.77. The van der Waals surface area contributed by atoms with Gasteiger partial charge in [-0.05, 0) is 19.8 Å². The van der Waals surface area contributed by atoms with Gasteiger partial charge in [-0.25, -0.2) is 9.37 Å². The van der Waals surface area contributed by atoms with E-state index < -0.39 is 5.82 Å². The average molecular weight is 267 g/mol. The molecule has 1 aliphatic rings. The highest BCUT2D eigenvalue weighted by atomic mass is 19.1. The zero-order valence-electron chi connectivity index (χ0n) is 10.9. The lowest BCUT2D eigenvalue weighted by atomic mass is 10.4. The van der Waals surface area contributed by atoms with E-state index >= 15 is 0 Å². The Morgan fingerprint density at radius 3 is 2.95 bits per heavy atom. The van der Waals surface area contributed by atoms with Crippen molar-refractivity contribution in [2.24, 2.45) is 0 Å². The van der Waals surface area contributed by atoms with Gasteiger partial charge in [-0.2, -0.15) is 4.98 Å². The van der Waals surface area contributed by atoms with Gasteiger partial charge in [0.2, 0.25) is 11.9 Å². The second kappa shape index (κ2) is 6.31. The van der Waals surface area contributed by atoms with Crippen LogP contribution in [0.25, 0.3) is 0 Å². The number of carbonyl (C=O) groups excluding carboxylic acids is 1. The van der Waals surface area contributed by atoms with Crippen molar-refractivity contribution < 1.29 is 9.18 Å². The first-order chi connectivity index (χ1) is 9.19. The molecule has 2 rings (SSSR count). The Morgan fingerprint density at radius 2 is 2.26 bits per heavy atom. The summed E-state index contributed by atoms with van der Waals surface area (Å²) in [7, 11) is 0. The molecule has 0 saturated heterocycles. The second-order valence-corrected chi connectivity index (χ2v) is 4.44. The fourth-order valence-electron chi connectivity index (χ4n) is 1.56. The van der Waals surface area contributed by atoms with Crippen molar-refractivity contribution in [1.29, 1.82) is 0 Å². The Kier molecular flexibility index (Phi) is 4.48. The molecule has 0 aliphatic heterocycles. The third-order valence-corrected chi connectivity index (χ3v) is 2.67. The van der Waals surface area contributed by atoms with Gasteiger partial charge in [0.05, 0.1) is 6.20 Å². The quantitative estimate of drug-likeness (QED) is 0.690. The monoisotopic (exact) mass is 267 g/mol. The van der Waals surface area contributed by atoms with E-state index in [1.165, 1.54) is 0 Å². The van der Waals surface area contributed by atoms with Gasteiger partial charge in [-0.1, -0.05) is 0 Å². The molecule has 104 valence electrons. The topological polar surface area (TPSA) is 78.9 Å². The summed E-state index contributed by atoms with van der Waals surface area (Å²) in [6.45, 7) is 2.91. The van der Waals surface area contributed by atoms with E-state index in [4.69, 9.17) is 0 Å². The molecular weight excluding hydrogens is 249 g/mol. The summed E-state index contributed by atoms with van der Waals surface area (Å²) < 4.78 is 13.4. The van der Waals surface area contributed by atoms with E-state index in [2.05, 4.69) is 25.9 Å². The lowest BCUT2D eigenvalue weighted by Gasteiger charge is -2.08. The smallest absolute Gasteiger partial charge is 0.224 e. The Balaban J connectivity index is 1.80. The molecule has 3 N–H and O–H groups in total. The first kappa shape index (κ1) is 13.5. The van der Waals surface area contributed by atoms with E-state index in [1.54, 1.807) is 0 Å². The number of halogens is 1. The van der Waals surface area contributed by atoms with Crippen LogP contribution in [-0.2, 0) is 4.79 Å².